The van der Waals surface area contributed by atoms with Gasteiger partial charge in [-0.25, -0.2) is 4.57 Å². The second kappa shape index (κ2) is 5.40. The highest BCUT2D eigenvalue weighted by Crippen LogP contribution is 2.43. The lowest BCUT2D eigenvalue weighted by molar-refractivity contribution is 0.286. The second-order valence-electron chi connectivity index (χ2n) is 2.70. The highest BCUT2D eigenvalue weighted by atomic mass is 35.5. The van der Waals surface area contributed by atoms with Crippen LogP contribution in [0.4, 0.5) is 0 Å². The van der Waals surface area contributed by atoms with E-state index in [1.165, 1.54) is 6.66 Å². The average molecular weight is 235 g/mol. The van der Waals surface area contributed by atoms with Crippen molar-refractivity contribution in [3.8, 4) is 5.75 Å². The highest BCUT2D eigenvalue weighted by molar-refractivity contribution is 7.53. The van der Waals surface area contributed by atoms with Gasteiger partial charge in [0.1, 0.15) is 5.75 Å². The maximum Gasteiger partial charge on any atom is 0.376 e. The molecule has 1 aromatic rings. The molecular formula is C9H12ClO3P. The van der Waals surface area contributed by atoms with Gasteiger partial charge in [-0.1, -0.05) is 18.2 Å². The fourth-order valence-corrected chi connectivity index (χ4v) is 2.06. The summed E-state index contributed by atoms with van der Waals surface area (Å²) in [7, 11) is -3.02. The Morgan fingerprint density at radius 3 is 2.57 bits per heavy atom. The van der Waals surface area contributed by atoms with E-state index in [0.717, 1.165) is 0 Å². The van der Waals surface area contributed by atoms with Gasteiger partial charge < -0.3 is 4.52 Å². The van der Waals surface area contributed by atoms with E-state index in [-0.39, 0.29) is 6.61 Å². The van der Waals surface area contributed by atoms with Gasteiger partial charge in [0.05, 0.1) is 6.61 Å². The second-order valence-corrected chi connectivity index (χ2v) is 5.06. The first-order chi connectivity index (χ1) is 6.64. The van der Waals surface area contributed by atoms with Gasteiger partial charge in [-0.2, -0.15) is 0 Å². The molecule has 0 N–H and O–H groups in total. The third kappa shape index (κ3) is 4.14. The molecule has 5 heteroatoms. The van der Waals surface area contributed by atoms with E-state index < -0.39 is 7.60 Å². The topological polar surface area (TPSA) is 35.5 Å². The van der Waals surface area contributed by atoms with E-state index in [4.69, 9.17) is 20.6 Å². The highest BCUT2D eigenvalue weighted by Gasteiger charge is 2.17. The minimum Gasteiger partial charge on any atom is -0.425 e. The summed E-state index contributed by atoms with van der Waals surface area (Å²) in [6, 6.07) is 8.90. The third-order valence-electron chi connectivity index (χ3n) is 1.42. The van der Waals surface area contributed by atoms with E-state index in [2.05, 4.69) is 0 Å². The van der Waals surface area contributed by atoms with Gasteiger partial charge in [0, 0.05) is 12.5 Å². The van der Waals surface area contributed by atoms with Crippen LogP contribution in [-0.2, 0) is 9.09 Å². The molecule has 1 rings (SSSR count). The summed E-state index contributed by atoms with van der Waals surface area (Å²) in [6.07, 6.45) is 0. The lowest BCUT2D eigenvalue weighted by Gasteiger charge is -2.14. The summed E-state index contributed by atoms with van der Waals surface area (Å²) in [5.41, 5.74) is 0. The van der Waals surface area contributed by atoms with Gasteiger partial charge in [-0.15, -0.1) is 11.6 Å². The molecule has 0 spiro atoms. The lowest BCUT2D eigenvalue weighted by atomic mass is 10.3. The number of halogens is 1. The van der Waals surface area contributed by atoms with Crippen molar-refractivity contribution in [3.05, 3.63) is 30.3 Å². The molecule has 0 aliphatic carbocycles. The molecule has 0 saturated carbocycles. The number of hydrogen-bond donors (Lipinski definition) is 0. The number of alkyl halides is 1. The predicted octanol–water partition coefficient (Wildman–Crippen LogP) is 3.14. The zero-order valence-electron chi connectivity index (χ0n) is 7.85. The van der Waals surface area contributed by atoms with Crippen molar-refractivity contribution < 1.29 is 13.6 Å². The van der Waals surface area contributed by atoms with Crippen LogP contribution in [0.25, 0.3) is 0 Å². The Kier molecular flexibility index (Phi) is 4.46. The van der Waals surface area contributed by atoms with Crippen LogP contribution in [0.1, 0.15) is 0 Å². The fourth-order valence-electron chi connectivity index (χ4n) is 0.900. The molecule has 0 heterocycles. The molecule has 1 unspecified atom stereocenters. The third-order valence-corrected chi connectivity index (χ3v) is 2.77. The first-order valence-corrected chi connectivity index (χ1v) is 6.69. The Hall–Kier alpha value is -0.500. The minimum atomic E-state index is -3.02. The van der Waals surface area contributed by atoms with E-state index in [1.54, 1.807) is 24.3 Å². The van der Waals surface area contributed by atoms with Crippen molar-refractivity contribution >= 4 is 19.2 Å². The molecule has 0 aliphatic rings. The van der Waals surface area contributed by atoms with Crippen LogP contribution in [0.15, 0.2) is 30.3 Å². The first kappa shape index (κ1) is 11.6. The molecule has 0 saturated heterocycles. The molecule has 1 aromatic carbocycles. The first-order valence-electron chi connectivity index (χ1n) is 4.17. The van der Waals surface area contributed by atoms with Gasteiger partial charge in [-0.3, -0.25) is 4.52 Å². The molecule has 0 fully saturated rings. The molecule has 0 aliphatic heterocycles. The van der Waals surface area contributed by atoms with Crippen molar-refractivity contribution in [2.75, 3.05) is 19.2 Å². The monoisotopic (exact) mass is 234 g/mol. The molecule has 78 valence electrons. The molecule has 1 atom stereocenters. The van der Waals surface area contributed by atoms with Crippen LogP contribution in [0.2, 0.25) is 0 Å². The summed E-state index contributed by atoms with van der Waals surface area (Å²) in [4.78, 5) is 0. The standard InChI is InChI=1S/C9H12ClO3P/c1-14(11,12-8-7-10)13-9-5-3-2-4-6-9/h2-6H,7-8H2,1H3. The van der Waals surface area contributed by atoms with Crippen LogP contribution in [0.5, 0.6) is 5.75 Å². The smallest absolute Gasteiger partial charge is 0.376 e. The SMILES string of the molecule is CP(=O)(OCCCl)Oc1ccccc1. The molecular weight excluding hydrogens is 223 g/mol. The van der Waals surface area contributed by atoms with Gasteiger partial charge >= 0.3 is 7.60 Å². The van der Waals surface area contributed by atoms with Crippen LogP contribution in [0, 0.1) is 0 Å². The maximum atomic E-state index is 11.6. The van der Waals surface area contributed by atoms with E-state index >= 15 is 0 Å². The van der Waals surface area contributed by atoms with Crippen LogP contribution < -0.4 is 4.52 Å². The molecule has 0 radical (unpaired) electrons. The quantitative estimate of drug-likeness (QED) is 0.580. The van der Waals surface area contributed by atoms with Crippen molar-refractivity contribution in [1.82, 2.24) is 0 Å². The largest absolute Gasteiger partial charge is 0.425 e. The van der Waals surface area contributed by atoms with E-state index in [1.807, 2.05) is 6.07 Å². The predicted molar refractivity (Wildman–Crippen MR) is 57.3 cm³/mol. The minimum absolute atomic E-state index is 0.224. The number of hydrogen-bond acceptors (Lipinski definition) is 3. The summed E-state index contributed by atoms with van der Waals surface area (Å²) >= 11 is 5.41. The van der Waals surface area contributed by atoms with Gasteiger partial charge in [0.25, 0.3) is 0 Å². The zero-order chi connectivity index (χ0) is 10.4. The Morgan fingerprint density at radius 2 is 2.00 bits per heavy atom. The summed E-state index contributed by atoms with van der Waals surface area (Å²) < 4.78 is 21.8. The normalized spacial score (nSPS) is 14.7. The molecule has 0 aromatic heterocycles. The molecule has 0 bridgehead atoms. The summed E-state index contributed by atoms with van der Waals surface area (Å²) in [5.74, 6) is 0.837. The Labute approximate surface area is 88.5 Å². The Morgan fingerprint density at radius 1 is 1.36 bits per heavy atom. The van der Waals surface area contributed by atoms with E-state index in [0.29, 0.717) is 11.6 Å². The molecule has 3 nitrogen and oxygen atoms in total. The number of benzene rings is 1. The van der Waals surface area contributed by atoms with Crippen molar-refractivity contribution in [1.29, 1.82) is 0 Å². The molecule has 14 heavy (non-hydrogen) atoms. The van der Waals surface area contributed by atoms with Gasteiger partial charge in [0.2, 0.25) is 0 Å². The Bertz CT molecular complexity index is 315. The lowest BCUT2D eigenvalue weighted by Crippen LogP contribution is -1.98. The van der Waals surface area contributed by atoms with Gasteiger partial charge in [0.15, 0.2) is 0 Å². The summed E-state index contributed by atoms with van der Waals surface area (Å²) in [6.45, 7) is 1.65. The number of para-hydroxylation sites is 1. The maximum absolute atomic E-state index is 11.6. The van der Waals surface area contributed by atoms with Crippen molar-refractivity contribution in [2.45, 2.75) is 0 Å². The van der Waals surface area contributed by atoms with Crippen molar-refractivity contribution in [3.63, 3.8) is 0 Å². The van der Waals surface area contributed by atoms with Crippen LogP contribution in [0.3, 0.4) is 0 Å². The average Bonchev–Trinajstić information content (AvgIpc) is 2.16. The van der Waals surface area contributed by atoms with Crippen molar-refractivity contribution in [2.24, 2.45) is 0 Å². The van der Waals surface area contributed by atoms with E-state index in [9.17, 15) is 4.57 Å². The fraction of sp³-hybridized carbons (Fsp3) is 0.333. The summed E-state index contributed by atoms with van der Waals surface area (Å²) in [5, 5.41) is 0. The Balaban J connectivity index is 2.55. The number of rotatable bonds is 5. The zero-order valence-corrected chi connectivity index (χ0v) is 9.50. The van der Waals surface area contributed by atoms with Gasteiger partial charge in [-0.05, 0) is 12.1 Å². The molecule has 0 amide bonds. The van der Waals surface area contributed by atoms with Crippen LogP contribution >= 0.6 is 19.2 Å². The van der Waals surface area contributed by atoms with Crippen LogP contribution in [-0.4, -0.2) is 19.2 Å².